The Morgan fingerprint density at radius 2 is 1.81 bits per heavy atom. The molecule has 1 aromatic carbocycles. The average molecular weight is 422 g/mol. The van der Waals surface area contributed by atoms with Crippen LogP contribution in [-0.4, -0.2) is 55.4 Å². The lowest BCUT2D eigenvalue weighted by Gasteiger charge is -2.19. The van der Waals surface area contributed by atoms with E-state index in [1.165, 1.54) is 16.4 Å². The first-order chi connectivity index (χ1) is 12.3. The zero-order valence-corrected chi connectivity index (χ0v) is 17.4. The van der Waals surface area contributed by atoms with E-state index in [0.717, 1.165) is 0 Å². The fraction of sp³-hybridized carbons (Fsp3) is 0.529. The van der Waals surface area contributed by atoms with Gasteiger partial charge < -0.3 is 10.4 Å². The van der Waals surface area contributed by atoms with E-state index in [1.54, 1.807) is 26.0 Å². The number of halogens is 1. The molecular formula is C17H28ClN3O5S. The van der Waals surface area contributed by atoms with Gasteiger partial charge in [-0.05, 0) is 24.6 Å². The van der Waals surface area contributed by atoms with E-state index in [2.05, 4.69) is 10.6 Å². The van der Waals surface area contributed by atoms with Crippen molar-refractivity contribution in [1.29, 1.82) is 0 Å². The summed E-state index contributed by atoms with van der Waals surface area (Å²) in [5.41, 5.74) is 0.340. The highest BCUT2D eigenvalue weighted by atomic mass is 35.5. The van der Waals surface area contributed by atoms with Gasteiger partial charge in [-0.3, -0.25) is 14.9 Å². The lowest BCUT2D eigenvalue weighted by atomic mass is 10.2. The van der Waals surface area contributed by atoms with Gasteiger partial charge in [0.15, 0.2) is 0 Å². The van der Waals surface area contributed by atoms with Crippen LogP contribution in [0.25, 0.3) is 0 Å². The number of sulfonamides is 1. The Kier molecular flexibility index (Phi) is 11.2. The fourth-order valence-electron chi connectivity index (χ4n) is 2.47. The summed E-state index contributed by atoms with van der Waals surface area (Å²) in [6.07, 6.45) is 1.09. The highest BCUT2D eigenvalue weighted by Gasteiger charge is 2.22. The van der Waals surface area contributed by atoms with Crippen LogP contribution >= 0.6 is 12.4 Å². The van der Waals surface area contributed by atoms with Gasteiger partial charge in [-0.2, -0.15) is 4.31 Å². The standard InChI is InChI=1S/C17H27N3O5S.ClH/c1-4-8-15(17(22)23)18-12-16(21)19-13-9-7-10-14(11-13)26(24,25)20(5-2)6-3;/h7,9-11,15,18H,4-6,8,12H2,1-3H3,(H,19,21)(H,22,23);1H. The Bertz CT molecular complexity index is 723. The molecule has 0 saturated carbocycles. The van der Waals surface area contributed by atoms with Gasteiger partial charge in [0.2, 0.25) is 15.9 Å². The van der Waals surface area contributed by atoms with Gasteiger partial charge in [-0.25, -0.2) is 8.42 Å². The van der Waals surface area contributed by atoms with Crippen LogP contribution in [0.4, 0.5) is 5.69 Å². The summed E-state index contributed by atoms with van der Waals surface area (Å²) in [5, 5.41) is 14.3. The number of nitrogens with one attached hydrogen (secondary N) is 2. The molecule has 3 N–H and O–H groups in total. The molecule has 1 aromatic rings. The number of anilines is 1. The second-order valence-corrected chi connectivity index (χ2v) is 7.66. The number of carboxylic acid groups (broad SMARTS) is 1. The number of hydrogen-bond acceptors (Lipinski definition) is 5. The molecule has 27 heavy (non-hydrogen) atoms. The molecule has 0 fully saturated rings. The van der Waals surface area contributed by atoms with Gasteiger partial charge in [0.05, 0.1) is 11.4 Å². The Hall–Kier alpha value is -1.68. The second-order valence-electron chi connectivity index (χ2n) is 5.73. The van der Waals surface area contributed by atoms with E-state index >= 15 is 0 Å². The first-order valence-corrected chi connectivity index (χ1v) is 10.1. The Morgan fingerprint density at radius 3 is 2.33 bits per heavy atom. The van der Waals surface area contributed by atoms with E-state index in [4.69, 9.17) is 5.11 Å². The van der Waals surface area contributed by atoms with E-state index in [9.17, 15) is 18.0 Å². The molecule has 0 spiro atoms. The maximum Gasteiger partial charge on any atom is 0.320 e. The topological polar surface area (TPSA) is 116 Å². The molecule has 0 radical (unpaired) electrons. The monoisotopic (exact) mass is 421 g/mol. The van der Waals surface area contributed by atoms with Crippen molar-refractivity contribution in [2.45, 2.75) is 44.6 Å². The summed E-state index contributed by atoms with van der Waals surface area (Å²) in [4.78, 5) is 23.2. The van der Waals surface area contributed by atoms with E-state index in [0.29, 0.717) is 31.6 Å². The maximum absolute atomic E-state index is 12.5. The molecular weight excluding hydrogens is 394 g/mol. The fourth-order valence-corrected chi connectivity index (χ4v) is 3.97. The predicted molar refractivity (Wildman–Crippen MR) is 107 cm³/mol. The van der Waals surface area contributed by atoms with Crippen molar-refractivity contribution in [2.75, 3.05) is 25.0 Å². The van der Waals surface area contributed by atoms with Crippen LogP contribution in [0, 0.1) is 0 Å². The number of carbonyl (C=O) groups is 2. The molecule has 1 rings (SSSR count). The summed E-state index contributed by atoms with van der Waals surface area (Å²) < 4.78 is 26.4. The number of rotatable bonds is 11. The highest BCUT2D eigenvalue weighted by Crippen LogP contribution is 2.19. The molecule has 8 nitrogen and oxygen atoms in total. The number of benzene rings is 1. The third-order valence-electron chi connectivity index (χ3n) is 3.85. The van der Waals surface area contributed by atoms with Gasteiger partial charge in [0.25, 0.3) is 0 Å². The van der Waals surface area contributed by atoms with Crippen LogP contribution < -0.4 is 10.6 Å². The van der Waals surface area contributed by atoms with Crippen LogP contribution in [0.3, 0.4) is 0 Å². The average Bonchev–Trinajstić information content (AvgIpc) is 2.59. The number of amides is 1. The predicted octanol–water partition coefficient (Wildman–Crippen LogP) is 1.92. The van der Waals surface area contributed by atoms with Gasteiger partial charge in [-0.15, -0.1) is 12.4 Å². The first kappa shape index (κ1) is 25.3. The van der Waals surface area contributed by atoms with Gasteiger partial charge in [0, 0.05) is 18.8 Å². The van der Waals surface area contributed by atoms with Crippen molar-refractivity contribution in [3.05, 3.63) is 24.3 Å². The summed E-state index contributed by atoms with van der Waals surface area (Å²) in [6, 6.07) is 5.21. The molecule has 0 heterocycles. The van der Waals surface area contributed by atoms with Crippen molar-refractivity contribution >= 4 is 40.0 Å². The van der Waals surface area contributed by atoms with Crippen LogP contribution in [0.1, 0.15) is 33.6 Å². The van der Waals surface area contributed by atoms with E-state index in [1.807, 2.05) is 6.92 Å². The van der Waals surface area contributed by atoms with E-state index < -0.39 is 27.9 Å². The molecule has 10 heteroatoms. The summed E-state index contributed by atoms with van der Waals surface area (Å²) in [7, 11) is -3.62. The minimum Gasteiger partial charge on any atom is -0.480 e. The third-order valence-corrected chi connectivity index (χ3v) is 5.89. The van der Waals surface area contributed by atoms with Crippen molar-refractivity contribution in [2.24, 2.45) is 0 Å². The lowest BCUT2D eigenvalue weighted by Crippen LogP contribution is -2.41. The van der Waals surface area contributed by atoms with E-state index in [-0.39, 0.29) is 23.8 Å². The van der Waals surface area contributed by atoms with Gasteiger partial charge >= 0.3 is 5.97 Å². The highest BCUT2D eigenvalue weighted by molar-refractivity contribution is 7.89. The van der Waals surface area contributed by atoms with Crippen LogP contribution in [-0.2, 0) is 19.6 Å². The molecule has 0 aliphatic heterocycles. The SMILES string of the molecule is CCCC(NCC(=O)Nc1cccc(S(=O)(=O)N(CC)CC)c1)C(=O)O.Cl. The van der Waals surface area contributed by atoms with Crippen LogP contribution in [0.2, 0.25) is 0 Å². The molecule has 1 amide bonds. The molecule has 0 saturated heterocycles. The molecule has 0 bridgehead atoms. The summed E-state index contributed by atoms with van der Waals surface area (Å²) >= 11 is 0. The van der Waals surface area contributed by atoms with Gasteiger partial charge in [-0.1, -0.05) is 33.3 Å². The van der Waals surface area contributed by atoms with Crippen molar-refractivity contribution in [3.63, 3.8) is 0 Å². The quantitative estimate of drug-likeness (QED) is 0.502. The minimum atomic E-state index is -3.62. The summed E-state index contributed by atoms with van der Waals surface area (Å²) in [6.45, 7) is 5.91. The Labute approximate surface area is 166 Å². The van der Waals surface area contributed by atoms with Gasteiger partial charge in [0.1, 0.15) is 6.04 Å². The number of aliphatic carboxylic acids is 1. The van der Waals surface area contributed by atoms with Crippen LogP contribution in [0.5, 0.6) is 0 Å². The summed E-state index contributed by atoms with van der Waals surface area (Å²) in [5.74, 6) is -1.45. The number of carboxylic acids is 1. The zero-order valence-electron chi connectivity index (χ0n) is 15.8. The van der Waals surface area contributed by atoms with Crippen LogP contribution in [0.15, 0.2) is 29.2 Å². The molecule has 0 aliphatic carbocycles. The number of hydrogen-bond donors (Lipinski definition) is 3. The number of carbonyl (C=O) groups excluding carboxylic acids is 1. The first-order valence-electron chi connectivity index (χ1n) is 8.62. The number of nitrogens with zero attached hydrogens (tertiary/aromatic N) is 1. The Morgan fingerprint density at radius 1 is 1.19 bits per heavy atom. The van der Waals surface area contributed by atoms with Crippen molar-refractivity contribution < 1.29 is 23.1 Å². The second kappa shape index (κ2) is 11.9. The van der Waals surface area contributed by atoms with Crippen molar-refractivity contribution in [1.82, 2.24) is 9.62 Å². The maximum atomic E-state index is 12.5. The Balaban J connectivity index is 0.00000676. The molecule has 1 atom stereocenters. The smallest absolute Gasteiger partial charge is 0.320 e. The third kappa shape index (κ3) is 7.45. The molecule has 1 unspecified atom stereocenters. The molecule has 154 valence electrons. The largest absolute Gasteiger partial charge is 0.480 e. The van der Waals surface area contributed by atoms with Crippen molar-refractivity contribution in [3.8, 4) is 0 Å². The minimum absolute atomic E-state index is 0. The lowest BCUT2D eigenvalue weighted by molar-refractivity contribution is -0.139. The molecule has 0 aliphatic rings. The normalized spacial score (nSPS) is 12.3. The zero-order chi connectivity index (χ0) is 19.7. The molecule has 0 aromatic heterocycles.